The normalized spacial score (nSPS) is 10.7. The van der Waals surface area contributed by atoms with Gasteiger partial charge in [0.15, 0.2) is 0 Å². The number of benzene rings is 2. The van der Waals surface area contributed by atoms with Crippen molar-refractivity contribution >= 4 is 5.69 Å². The third-order valence-electron chi connectivity index (χ3n) is 3.81. The Labute approximate surface area is 122 Å². The number of anilines is 1. The van der Waals surface area contributed by atoms with E-state index in [4.69, 9.17) is 5.73 Å². The van der Waals surface area contributed by atoms with Crippen LogP contribution in [-0.2, 0) is 13.1 Å². The maximum atomic E-state index is 5.68. The first-order valence-electron chi connectivity index (χ1n) is 7.08. The molecule has 0 bridgehead atoms. The van der Waals surface area contributed by atoms with Gasteiger partial charge in [0.05, 0.1) is 0 Å². The van der Waals surface area contributed by atoms with Crippen molar-refractivity contribution in [1.82, 2.24) is 0 Å². The van der Waals surface area contributed by atoms with Crippen LogP contribution in [-0.4, -0.2) is 7.05 Å². The summed E-state index contributed by atoms with van der Waals surface area (Å²) in [7, 11) is 2.15. The molecule has 0 fully saturated rings. The van der Waals surface area contributed by atoms with Crippen LogP contribution in [0.3, 0.4) is 0 Å². The average Bonchev–Trinajstić information content (AvgIpc) is 2.40. The van der Waals surface area contributed by atoms with Gasteiger partial charge < -0.3 is 10.6 Å². The van der Waals surface area contributed by atoms with Gasteiger partial charge in [-0.1, -0.05) is 35.9 Å². The highest BCUT2D eigenvalue weighted by Crippen LogP contribution is 2.22. The van der Waals surface area contributed by atoms with E-state index >= 15 is 0 Å². The smallest absolute Gasteiger partial charge is 0.0428 e. The highest BCUT2D eigenvalue weighted by atomic mass is 15.1. The van der Waals surface area contributed by atoms with Crippen molar-refractivity contribution in [2.75, 3.05) is 11.9 Å². The van der Waals surface area contributed by atoms with Crippen molar-refractivity contribution in [3.63, 3.8) is 0 Å². The van der Waals surface area contributed by atoms with Crippen molar-refractivity contribution in [2.24, 2.45) is 5.73 Å². The monoisotopic (exact) mass is 268 g/mol. The van der Waals surface area contributed by atoms with Crippen LogP contribution in [0.5, 0.6) is 0 Å². The van der Waals surface area contributed by atoms with Crippen LogP contribution in [0.2, 0.25) is 0 Å². The van der Waals surface area contributed by atoms with Gasteiger partial charge in [-0.25, -0.2) is 0 Å². The standard InChI is InChI=1S/C18H24N2/c1-13-5-8-18(15(3)9-13)20(4)12-17-7-6-16(11-19)10-14(17)2/h5-10H,11-12,19H2,1-4H3. The van der Waals surface area contributed by atoms with Crippen molar-refractivity contribution in [3.8, 4) is 0 Å². The summed E-state index contributed by atoms with van der Waals surface area (Å²) in [6, 6.07) is 13.1. The summed E-state index contributed by atoms with van der Waals surface area (Å²) in [5.41, 5.74) is 13.5. The van der Waals surface area contributed by atoms with Crippen LogP contribution in [0.25, 0.3) is 0 Å². The first kappa shape index (κ1) is 14.6. The second-order valence-corrected chi connectivity index (χ2v) is 5.61. The van der Waals surface area contributed by atoms with Gasteiger partial charge in [-0.15, -0.1) is 0 Å². The topological polar surface area (TPSA) is 29.3 Å². The Bertz CT molecular complexity index is 602. The van der Waals surface area contributed by atoms with Crippen LogP contribution in [0.4, 0.5) is 5.69 Å². The zero-order valence-corrected chi connectivity index (χ0v) is 12.9. The van der Waals surface area contributed by atoms with Crippen LogP contribution in [0, 0.1) is 20.8 Å². The van der Waals surface area contributed by atoms with E-state index < -0.39 is 0 Å². The van der Waals surface area contributed by atoms with Crippen molar-refractivity contribution < 1.29 is 0 Å². The summed E-state index contributed by atoms with van der Waals surface area (Å²) < 4.78 is 0. The first-order valence-corrected chi connectivity index (χ1v) is 7.08. The summed E-state index contributed by atoms with van der Waals surface area (Å²) in [4.78, 5) is 2.30. The van der Waals surface area contributed by atoms with Crippen LogP contribution in [0.1, 0.15) is 27.8 Å². The van der Waals surface area contributed by atoms with Gasteiger partial charge >= 0.3 is 0 Å². The quantitative estimate of drug-likeness (QED) is 0.916. The molecule has 0 saturated carbocycles. The maximum absolute atomic E-state index is 5.68. The van der Waals surface area contributed by atoms with Gasteiger partial charge in [0, 0.05) is 25.8 Å². The number of aryl methyl sites for hydroxylation is 3. The van der Waals surface area contributed by atoms with E-state index in [-0.39, 0.29) is 0 Å². The van der Waals surface area contributed by atoms with E-state index in [0.717, 1.165) is 6.54 Å². The average molecular weight is 268 g/mol. The Morgan fingerprint density at radius 1 is 0.950 bits per heavy atom. The third-order valence-corrected chi connectivity index (χ3v) is 3.81. The highest BCUT2D eigenvalue weighted by Gasteiger charge is 2.07. The number of rotatable bonds is 4. The van der Waals surface area contributed by atoms with Crippen LogP contribution in [0.15, 0.2) is 36.4 Å². The lowest BCUT2D eigenvalue weighted by atomic mass is 10.0. The fraction of sp³-hybridized carbons (Fsp3) is 0.333. The number of hydrogen-bond donors (Lipinski definition) is 1. The number of nitrogens with zero attached hydrogens (tertiary/aromatic N) is 1. The summed E-state index contributed by atoms with van der Waals surface area (Å²) in [5.74, 6) is 0. The minimum Gasteiger partial charge on any atom is -0.370 e. The molecule has 2 N–H and O–H groups in total. The largest absolute Gasteiger partial charge is 0.370 e. The zero-order valence-electron chi connectivity index (χ0n) is 12.9. The molecule has 0 aliphatic carbocycles. The fourth-order valence-electron chi connectivity index (χ4n) is 2.64. The SMILES string of the molecule is Cc1ccc(N(C)Cc2ccc(CN)cc2C)c(C)c1. The number of nitrogens with two attached hydrogens (primary N) is 1. The molecule has 2 nitrogen and oxygen atoms in total. The molecule has 106 valence electrons. The van der Waals surface area contributed by atoms with Gasteiger partial charge in [-0.05, 0) is 49.1 Å². The zero-order chi connectivity index (χ0) is 14.7. The lowest BCUT2D eigenvalue weighted by Crippen LogP contribution is -2.18. The third kappa shape index (κ3) is 3.20. The lowest BCUT2D eigenvalue weighted by molar-refractivity contribution is 0.905. The molecule has 0 unspecified atom stereocenters. The molecule has 0 aliphatic rings. The van der Waals surface area contributed by atoms with E-state index in [1.807, 2.05) is 0 Å². The van der Waals surface area contributed by atoms with E-state index in [2.05, 4.69) is 69.1 Å². The lowest BCUT2D eigenvalue weighted by Gasteiger charge is -2.23. The Morgan fingerprint density at radius 3 is 2.30 bits per heavy atom. The van der Waals surface area contributed by atoms with Gasteiger partial charge in [0.25, 0.3) is 0 Å². The first-order chi connectivity index (χ1) is 9.51. The Balaban J connectivity index is 2.21. The molecule has 0 radical (unpaired) electrons. The molecule has 0 heterocycles. The van der Waals surface area contributed by atoms with E-state index in [1.54, 1.807) is 0 Å². The number of hydrogen-bond acceptors (Lipinski definition) is 2. The minimum atomic E-state index is 0.605. The molecule has 2 rings (SSSR count). The Kier molecular flexibility index (Phi) is 4.46. The second-order valence-electron chi connectivity index (χ2n) is 5.61. The molecule has 2 aromatic carbocycles. The summed E-state index contributed by atoms with van der Waals surface area (Å²) >= 11 is 0. The Morgan fingerprint density at radius 2 is 1.70 bits per heavy atom. The maximum Gasteiger partial charge on any atom is 0.0428 e. The fourth-order valence-corrected chi connectivity index (χ4v) is 2.64. The molecular formula is C18H24N2. The highest BCUT2D eigenvalue weighted by molar-refractivity contribution is 5.54. The van der Waals surface area contributed by atoms with E-state index in [9.17, 15) is 0 Å². The predicted molar refractivity (Wildman–Crippen MR) is 87.1 cm³/mol. The molecule has 2 aromatic rings. The predicted octanol–water partition coefficient (Wildman–Crippen LogP) is 3.71. The molecule has 0 spiro atoms. The summed E-state index contributed by atoms with van der Waals surface area (Å²) in [5, 5.41) is 0. The molecule has 2 heteroatoms. The van der Waals surface area contributed by atoms with Gasteiger partial charge in [0.1, 0.15) is 0 Å². The molecule has 0 atom stereocenters. The second kappa shape index (κ2) is 6.10. The molecule has 20 heavy (non-hydrogen) atoms. The summed E-state index contributed by atoms with van der Waals surface area (Å²) in [6.45, 7) is 7.98. The van der Waals surface area contributed by atoms with Gasteiger partial charge in [-0.3, -0.25) is 0 Å². The minimum absolute atomic E-state index is 0.605. The van der Waals surface area contributed by atoms with Gasteiger partial charge in [0.2, 0.25) is 0 Å². The molecule has 0 amide bonds. The molecule has 0 aliphatic heterocycles. The molecule has 0 saturated heterocycles. The van der Waals surface area contributed by atoms with Crippen molar-refractivity contribution in [3.05, 3.63) is 64.2 Å². The van der Waals surface area contributed by atoms with Gasteiger partial charge in [-0.2, -0.15) is 0 Å². The van der Waals surface area contributed by atoms with Crippen molar-refractivity contribution in [2.45, 2.75) is 33.9 Å². The van der Waals surface area contributed by atoms with E-state index in [0.29, 0.717) is 6.54 Å². The van der Waals surface area contributed by atoms with Crippen LogP contribution >= 0.6 is 0 Å². The van der Waals surface area contributed by atoms with Crippen molar-refractivity contribution in [1.29, 1.82) is 0 Å². The Hall–Kier alpha value is -1.80. The van der Waals surface area contributed by atoms with E-state index in [1.165, 1.54) is 33.5 Å². The molecule has 0 aromatic heterocycles. The van der Waals surface area contributed by atoms with Crippen LogP contribution < -0.4 is 10.6 Å². The molecular weight excluding hydrogens is 244 g/mol. The summed E-state index contributed by atoms with van der Waals surface area (Å²) in [6.07, 6.45) is 0.